The molecule has 16 heavy (non-hydrogen) atoms. The monoisotopic (exact) mass is 285 g/mol. The summed E-state index contributed by atoms with van der Waals surface area (Å²) in [5.74, 6) is 0. The van der Waals surface area contributed by atoms with E-state index in [0.717, 1.165) is 22.9 Å². The van der Waals surface area contributed by atoms with Crippen LogP contribution in [0, 0.1) is 0 Å². The number of unbranched alkanes of at least 4 members (excludes halogenated alkanes) is 1. The third-order valence-corrected chi connectivity index (χ3v) is 2.55. The Hall–Kier alpha value is -1.03. The Morgan fingerprint density at radius 2 is 2.31 bits per heavy atom. The fraction of sp³-hybridized carbons (Fsp3) is 0.417. The number of carbonyl (C=O) groups excluding carboxylic acids is 1. The number of halogens is 1. The number of alkyl carbamates (subject to hydrolysis) is 1. The summed E-state index contributed by atoms with van der Waals surface area (Å²) in [6.45, 7) is 3.04. The molecule has 4 heteroatoms. The highest BCUT2D eigenvalue weighted by Crippen LogP contribution is 2.11. The van der Waals surface area contributed by atoms with E-state index < -0.39 is 0 Å². The number of hydrogen-bond donors (Lipinski definition) is 1. The lowest BCUT2D eigenvalue weighted by Gasteiger charge is -2.06. The molecule has 0 aliphatic carbocycles. The van der Waals surface area contributed by atoms with Crippen molar-refractivity contribution in [1.82, 2.24) is 5.32 Å². The van der Waals surface area contributed by atoms with E-state index in [9.17, 15) is 4.79 Å². The molecular formula is C12H16BrNO2. The minimum absolute atomic E-state index is 0.353. The summed E-state index contributed by atoms with van der Waals surface area (Å²) in [6, 6.07) is 7.80. The molecule has 1 rings (SSSR count). The summed E-state index contributed by atoms with van der Waals surface area (Å²) in [4.78, 5) is 11.2. The van der Waals surface area contributed by atoms with Crippen LogP contribution in [0.5, 0.6) is 0 Å². The predicted molar refractivity (Wildman–Crippen MR) is 67.2 cm³/mol. The molecule has 1 amide bonds. The van der Waals surface area contributed by atoms with Gasteiger partial charge in [-0.3, -0.25) is 0 Å². The second-order valence-corrected chi connectivity index (χ2v) is 4.39. The average molecular weight is 286 g/mol. The van der Waals surface area contributed by atoms with Crippen molar-refractivity contribution in [3.63, 3.8) is 0 Å². The number of nitrogens with one attached hydrogen (secondary N) is 1. The van der Waals surface area contributed by atoms with Gasteiger partial charge in [0.15, 0.2) is 0 Å². The molecule has 0 spiro atoms. The van der Waals surface area contributed by atoms with Crippen LogP contribution >= 0.6 is 15.9 Å². The summed E-state index contributed by atoms with van der Waals surface area (Å²) in [7, 11) is 0. The van der Waals surface area contributed by atoms with Crippen molar-refractivity contribution in [2.75, 3.05) is 6.61 Å². The maximum Gasteiger partial charge on any atom is 0.407 e. The Bertz CT molecular complexity index is 342. The van der Waals surface area contributed by atoms with Crippen LogP contribution in [-0.2, 0) is 11.3 Å². The van der Waals surface area contributed by atoms with Crippen molar-refractivity contribution in [2.24, 2.45) is 0 Å². The van der Waals surface area contributed by atoms with Gasteiger partial charge in [0.25, 0.3) is 0 Å². The Kier molecular flexibility index (Phi) is 5.93. The Morgan fingerprint density at radius 3 is 3.00 bits per heavy atom. The molecule has 1 aromatic carbocycles. The van der Waals surface area contributed by atoms with Gasteiger partial charge >= 0.3 is 6.09 Å². The number of rotatable bonds is 5. The minimum Gasteiger partial charge on any atom is -0.450 e. The first-order chi connectivity index (χ1) is 7.72. The topological polar surface area (TPSA) is 38.3 Å². The molecule has 1 aromatic rings. The van der Waals surface area contributed by atoms with Crippen LogP contribution < -0.4 is 5.32 Å². The van der Waals surface area contributed by atoms with E-state index >= 15 is 0 Å². The van der Waals surface area contributed by atoms with Crippen LogP contribution in [0.1, 0.15) is 25.3 Å². The van der Waals surface area contributed by atoms with Gasteiger partial charge in [0.2, 0.25) is 0 Å². The van der Waals surface area contributed by atoms with E-state index in [-0.39, 0.29) is 6.09 Å². The van der Waals surface area contributed by atoms with Crippen molar-refractivity contribution in [3.8, 4) is 0 Å². The first-order valence-electron chi connectivity index (χ1n) is 5.37. The van der Waals surface area contributed by atoms with E-state index in [1.165, 1.54) is 0 Å². The molecule has 0 aromatic heterocycles. The molecule has 0 atom stereocenters. The minimum atomic E-state index is -0.353. The van der Waals surface area contributed by atoms with Gasteiger partial charge in [-0.1, -0.05) is 41.4 Å². The van der Waals surface area contributed by atoms with Gasteiger partial charge in [0.05, 0.1) is 6.61 Å². The third-order valence-electron chi connectivity index (χ3n) is 2.06. The van der Waals surface area contributed by atoms with Crippen LogP contribution in [0.25, 0.3) is 0 Å². The first kappa shape index (κ1) is 13.0. The highest BCUT2D eigenvalue weighted by atomic mass is 79.9. The maximum atomic E-state index is 11.2. The zero-order valence-electron chi connectivity index (χ0n) is 9.33. The van der Waals surface area contributed by atoms with Gasteiger partial charge in [-0.2, -0.15) is 0 Å². The van der Waals surface area contributed by atoms with E-state index in [1.54, 1.807) is 0 Å². The molecule has 0 fully saturated rings. The lowest BCUT2D eigenvalue weighted by Crippen LogP contribution is -2.24. The van der Waals surface area contributed by atoms with Crippen molar-refractivity contribution in [3.05, 3.63) is 34.3 Å². The van der Waals surface area contributed by atoms with Gasteiger partial charge in [0.1, 0.15) is 0 Å². The van der Waals surface area contributed by atoms with Crippen LogP contribution in [0.4, 0.5) is 4.79 Å². The summed E-state index contributed by atoms with van der Waals surface area (Å²) in [5.41, 5.74) is 1.04. The number of ether oxygens (including phenoxy) is 1. The van der Waals surface area contributed by atoms with E-state index in [4.69, 9.17) is 4.74 Å². The van der Waals surface area contributed by atoms with Crippen LogP contribution in [0.15, 0.2) is 28.7 Å². The summed E-state index contributed by atoms with van der Waals surface area (Å²) in [5, 5.41) is 2.70. The van der Waals surface area contributed by atoms with Gasteiger partial charge in [0, 0.05) is 11.0 Å². The molecule has 0 unspecified atom stereocenters. The molecule has 0 radical (unpaired) electrons. The van der Waals surface area contributed by atoms with Crippen molar-refractivity contribution in [2.45, 2.75) is 26.3 Å². The fourth-order valence-electron chi connectivity index (χ4n) is 1.18. The number of benzene rings is 1. The molecule has 88 valence electrons. The number of carbonyl (C=O) groups is 1. The average Bonchev–Trinajstić information content (AvgIpc) is 2.27. The molecule has 1 N–H and O–H groups in total. The lowest BCUT2D eigenvalue weighted by atomic mass is 10.2. The second kappa shape index (κ2) is 7.28. The highest BCUT2D eigenvalue weighted by molar-refractivity contribution is 9.10. The fourth-order valence-corrected chi connectivity index (χ4v) is 1.63. The summed E-state index contributed by atoms with van der Waals surface area (Å²) >= 11 is 3.38. The molecule has 0 bridgehead atoms. The van der Waals surface area contributed by atoms with E-state index in [0.29, 0.717) is 13.2 Å². The number of amides is 1. The zero-order valence-corrected chi connectivity index (χ0v) is 10.9. The van der Waals surface area contributed by atoms with Crippen molar-refractivity contribution >= 4 is 22.0 Å². The van der Waals surface area contributed by atoms with Gasteiger partial charge < -0.3 is 10.1 Å². The smallest absolute Gasteiger partial charge is 0.407 e. The molecule has 0 saturated heterocycles. The lowest BCUT2D eigenvalue weighted by molar-refractivity contribution is 0.144. The Labute approximate surface area is 104 Å². The third kappa shape index (κ3) is 5.16. The van der Waals surface area contributed by atoms with E-state index in [2.05, 4.69) is 28.2 Å². The van der Waals surface area contributed by atoms with Gasteiger partial charge in [-0.05, 0) is 24.1 Å². The molecule has 0 aliphatic rings. The van der Waals surface area contributed by atoms with Crippen molar-refractivity contribution in [1.29, 1.82) is 0 Å². The molecule has 0 heterocycles. The first-order valence-corrected chi connectivity index (χ1v) is 6.16. The highest BCUT2D eigenvalue weighted by Gasteiger charge is 2.01. The molecule has 0 saturated carbocycles. The van der Waals surface area contributed by atoms with E-state index in [1.807, 2.05) is 24.3 Å². The zero-order chi connectivity index (χ0) is 11.8. The standard InChI is InChI=1S/C12H16BrNO2/c1-2-3-7-16-12(15)14-9-10-5-4-6-11(13)8-10/h4-6,8H,2-3,7,9H2,1H3,(H,14,15). The largest absolute Gasteiger partial charge is 0.450 e. The van der Waals surface area contributed by atoms with Gasteiger partial charge in [-0.25, -0.2) is 4.79 Å². The summed E-state index contributed by atoms with van der Waals surface area (Å²) in [6.07, 6.45) is 1.58. The van der Waals surface area contributed by atoms with Crippen LogP contribution in [0.2, 0.25) is 0 Å². The number of hydrogen-bond acceptors (Lipinski definition) is 2. The van der Waals surface area contributed by atoms with Gasteiger partial charge in [-0.15, -0.1) is 0 Å². The maximum absolute atomic E-state index is 11.2. The second-order valence-electron chi connectivity index (χ2n) is 3.47. The normalized spacial score (nSPS) is 9.88. The summed E-state index contributed by atoms with van der Waals surface area (Å²) < 4.78 is 5.98. The molecule has 3 nitrogen and oxygen atoms in total. The molecule has 0 aliphatic heterocycles. The quantitative estimate of drug-likeness (QED) is 0.842. The Morgan fingerprint density at radius 1 is 1.50 bits per heavy atom. The van der Waals surface area contributed by atoms with Crippen LogP contribution in [0.3, 0.4) is 0 Å². The van der Waals surface area contributed by atoms with Crippen LogP contribution in [-0.4, -0.2) is 12.7 Å². The SMILES string of the molecule is CCCCOC(=O)NCc1cccc(Br)c1. The van der Waals surface area contributed by atoms with Crippen molar-refractivity contribution < 1.29 is 9.53 Å². The molecular weight excluding hydrogens is 270 g/mol. The predicted octanol–water partition coefficient (Wildman–Crippen LogP) is 3.48. The Balaban J connectivity index is 2.26.